The summed E-state index contributed by atoms with van der Waals surface area (Å²) in [5.74, 6) is -0.461. The molecular formula is C18H22BrNO2. The highest BCUT2D eigenvalue weighted by Gasteiger charge is 2.17. The van der Waals surface area contributed by atoms with E-state index in [9.17, 15) is 9.59 Å². The number of para-hydroxylation sites is 1. The fraction of sp³-hybridized carbons (Fsp3) is 0.444. The quantitative estimate of drug-likeness (QED) is 0.200. The molecule has 0 spiro atoms. The Morgan fingerprint density at radius 2 is 1.95 bits per heavy atom. The summed E-state index contributed by atoms with van der Waals surface area (Å²) >= 11 is 3.72. The Morgan fingerprint density at radius 1 is 1.23 bits per heavy atom. The van der Waals surface area contributed by atoms with E-state index in [1.807, 2.05) is 24.3 Å². The SMILES string of the molecule is CCCCCCCC(Br)n1cc(C(=O)C=O)c2ccccc21. The zero-order valence-corrected chi connectivity index (χ0v) is 14.5. The normalized spacial score (nSPS) is 12.5. The van der Waals surface area contributed by atoms with Crippen molar-refractivity contribution in [3.63, 3.8) is 0 Å². The number of fused-ring (bicyclic) bond motifs is 1. The van der Waals surface area contributed by atoms with Gasteiger partial charge in [0.1, 0.15) is 0 Å². The molecule has 0 N–H and O–H groups in total. The van der Waals surface area contributed by atoms with Crippen LogP contribution in [0.3, 0.4) is 0 Å². The molecule has 2 rings (SSSR count). The number of carbonyl (C=O) groups is 2. The summed E-state index contributed by atoms with van der Waals surface area (Å²) < 4.78 is 2.06. The molecule has 4 heteroatoms. The number of unbranched alkanes of at least 4 members (excludes halogenated alkanes) is 4. The number of hydrogen-bond acceptors (Lipinski definition) is 2. The fourth-order valence-corrected chi connectivity index (χ4v) is 3.41. The molecule has 1 aromatic heterocycles. The van der Waals surface area contributed by atoms with Gasteiger partial charge in [0.2, 0.25) is 5.78 Å². The molecule has 2 aromatic rings. The van der Waals surface area contributed by atoms with E-state index < -0.39 is 5.78 Å². The van der Waals surface area contributed by atoms with E-state index in [0.717, 1.165) is 23.7 Å². The van der Waals surface area contributed by atoms with Crippen molar-refractivity contribution in [1.82, 2.24) is 4.57 Å². The standard InChI is InChI=1S/C18H22BrNO2/c1-2-3-4-5-6-11-18(19)20-12-15(17(22)13-21)14-9-7-8-10-16(14)20/h7-10,12-13,18H,2-6,11H2,1H3. The molecule has 22 heavy (non-hydrogen) atoms. The first-order chi connectivity index (χ1) is 10.7. The lowest BCUT2D eigenvalue weighted by Gasteiger charge is -2.13. The molecule has 0 aliphatic heterocycles. The van der Waals surface area contributed by atoms with Crippen molar-refractivity contribution in [2.24, 2.45) is 0 Å². The second-order valence-corrected chi connectivity index (χ2v) is 6.64. The average molecular weight is 364 g/mol. The number of alkyl halides is 1. The highest BCUT2D eigenvalue weighted by Crippen LogP contribution is 2.30. The Hall–Kier alpha value is -1.42. The Bertz CT molecular complexity index is 648. The maximum atomic E-state index is 11.8. The number of benzene rings is 1. The zero-order valence-electron chi connectivity index (χ0n) is 12.9. The van der Waals surface area contributed by atoms with Gasteiger partial charge in [-0.15, -0.1) is 0 Å². The van der Waals surface area contributed by atoms with Crippen LogP contribution in [-0.4, -0.2) is 16.6 Å². The van der Waals surface area contributed by atoms with Crippen LogP contribution in [0.15, 0.2) is 30.5 Å². The minimum Gasteiger partial charge on any atom is -0.334 e. The fourth-order valence-electron chi connectivity index (χ4n) is 2.75. The number of halogens is 1. The molecule has 1 unspecified atom stereocenters. The van der Waals surface area contributed by atoms with Crippen molar-refractivity contribution in [1.29, 1.82) is 0 Å². The first kappa shape index (κ1) is 16.9. The van der Waals surface area contributed by atoms with Crippen LogP contribution >= 0.6 is 15.9 Å². The molecule has 0 saturated heterocycles. The third kappa shape index (κ3) is 3.86. The summed E-state index contributed by atoms with van der Waals surface area (Å²) in [5, 5.41) is 0.843. The van der Waals surface area contributed by atoms with E-state index >= 15 is 0 Å². The molecule has 1 atom stereocenters. The number of nitrogens with zero attached hydrogens (tertiary/aromatic N) is 1. The zero-order chi connectivity index (χ0) is 15.9. The summed E-state index contributed by atoms with van der Waals surface area (Å²) in [6.07, 6.45) is 9.39. The van der Waals surface area contributed by atoms with Crippen LogP contribution in [0.5, 0.6) is 0 Å². The Kier molecular flexibility index (Phi) is 6.37. The van der Waals surface area contributed by atoms with Crippen LogP contribution in [0, 0.1) is 0 Å². The van der Waals surface area contributed by atoms with Gasteiger partial charge in [-0.3, -0.25) is 9.59 Å². The molecule has 1 aromatic carbocycles. The second-order valence-electron chi connectivity index (χ2n) is 5.59. The van der Waals surface area contributed by atoms with Gasteiger partial charge in [-0.1, -0.05) is 73.2 Å². The Balaban J connectivity index is 2.16. The van der Waals surface area contributed by atoms with E-state index in [1.54, 1.807) is 6.20 Å². The molecule has 0 radical (unpaired) electrons. The van der Waals surface area contributed by atoms with Gasteiger partial charge in [0.05, 0.1) is 10.5 Å². The van der Waals surface area contributed by atoms with Crippen molar-refractivity contribution < 1.29 is 9.59 Å². The lowest BCUT2D eigenvalue weighted by Crippen LogP contribution is -2.02. The Morgan fingerprint density at radius 3 is 2.68 bits per heavy atom. The maximum Gasteiger partial charge on any atom is 0.227 e. The number of hydrogen-bond donors (Lipinski definition) is 0. The van der Waals surface area contributed by atoms with E-state index in [4.69, 9.17) is 0 Å². The number of Topliss-reactive ketones (excluding diaryl/α,β-unsaturated/α-hetero) is 1. The third-order valence-corrected chi connectivity index (χ3v) is 4.86. The van der Waals surface area contributed by atoms with Crippen LogP contribution in [0.4, 0.5) is 0 Å². The largest absolute Gasteiger partial charge is 0.334 e. The summed E-state index contributed by atoms with van der Waals surface area (Å²) in [7, 11) is 0. The van der Waals surface area contributed by atoms with Crippen molar-refractivity contribution in [2.45, 2.75) is 50.4 Å². The molecule has 0 fully saturated rings. The smallest absolute Gasteiger partial charge is 0.227 e. The van der Waals surface area contributed by atoms with Crippen LogP contribution in [0.2, 0.25) is 0 Å². The monoisotopic (exact) mass is 363 g/mol. The van der Waals surface area contributed by atoms with Gasteiger partial charge in [-0.05, 0) is 12.5 Å². The van der Waals surface area contributed by atoms with Gasteiger partial charge < -0.3 is 4.57 Å². The van der Waals surface area contributed by atoms with Crippen LogP contribution < -0.4 is 0 Å². The van der Waals surface area contributed by atoms with Crippen LogP contribution in [0.25, 0.3) is 10.9 Å². The molecule has 0 saturated carbocycles. The summed E-state index contributed by atoms with van der Waals surface area (Å²) in [6, 6.07) is 7.73. The maximum absolute atomic E-state index is 11.8. The van der Waals surface area contributed by atoms with Crippen molar-refractivity contribution >= 4 is 38.9 Å². The van der Waals surface area contributed by atoms with Gasteiger partial charge in [0.15, 0.2) is 6.29 Å². The van der Waals surface area contributed by atoms with Gasteiger partial charge in [0.25, 0.3) is 0 Å². The van der Waals surface area contributed by atoms with Gasteiger partial charge in [-0.2, -0.15) is 0 Å². The molecular weight excluding hydrogens is 342 g/mol. The number of aromatic nitrogens is 1. The molecule has 3 nitrogen and oxygen atoms in total. The first-order valence-electron chi connectivity index (χ1n) is 7.92. The summed E-state index contributed by atoms with van der Waals surface area (Å²) in [5.41, 5.74) is 1.48. The number of ketones is 1. The van der Waals surface area contributed by atoms with Gasteiger partial charge >= 0.3 is 0 Å². The Labute approximate surface area is 139 Å². The topological polar surface area (TPSA) is 39.1 Å². The van der Waals surface area contributed by atoms with Crippen molar-refractivity contribution in [2.75, 3.05) is 0 Å². The van der Waals surface area contributed by atoms with E-state index in [-0.39, 0.29) is 4.95 Å². The lowest BCUT2D eigenvalue weighted by atomic mass is 10.1. The minimum absolute atomic E-state index is 0.146. The van der Waals surface area contributed by atoms with Gasteiger partial charge in [0, 0.05) is 17.1 Å². The highest BCUT2D eigenvalue weighted by molar-refractivity contribution is 9.09. The molecule has 0 amide bonds. The van der Waals surface area contributed by atoms with Crippen LogP contribution in [0.1, 0.15) is 60.8 Å². The number of carbonyl (C=O) groups excluding carboxylic acids is 2. The van der Waals surface area contributed by atoms with Gasteiger partial charge in [-0.25, -0.2) is 0 Å². The summed E-state index contributed by atoms with van der Waals surface area (Å²) in [6.45, 7) is 2.21. The molecule has 0 aliphatic rings. The lowest BCUT2D eigenvalue weighted by molar-refractivity contribution is -0.104. The highest BCUT2D eigenvalue weighted by atomic mass is 79.9. The van der Waals surface area contributed by atoms with E-state index in [0.29, 0.717) is 11.8 Å². The molecule has 0 aliphatic carbocycles. The van der Waals surface area contributed by atoms with Crippen LogP contribution in [-0.2, 0) is 4.79 Å². The van der Waals surface area contributed by atoms with Crippen molar-refractivity contribution in [3.8, 4) is 0 Å². The molecule has 0 bridgehead atoms. The third-order valence-electron chi connectivity index (χ3n) is 3.96. The molecule has 1 heterocycles. The summed E-state index contributed by atoms with van der Waals surface area (Å²) in [4.78, 5) is 22.8. The molecule has 118 valence electrons. The average Bonchev–Trinajstić information content (AvgIpc) is 2.93. The van der Waals surface area contributed by atoms with Crippen molar-refractivity contribution in [3.05, 3.63) is 36.0 Å². The predicted molar refractivity (Wildman–Crippen MR) is 93.7 cm³/mol. The number of rotatable bonds is 9. The number of aldehydes is 1. The minimum atomic E-state index is -0.461. The first-order valence-corrected chi connectivity index (χ1v) is 8.83. The predicted octanol–water partition coefficient (Wildman–Crippen LogP) is 5.28. The second kappa shape index (κ2) is 8.28. The van der Waals surface area contributed by atoms with E-state index in [1.165, 1.54) is 25.7 Å². The van der Waals surface area contributed by atoms with E-state index in [2.05, 4.69) is 27.4 Å².